The molecule has 0 amide bonds. The van der Waals surface area contributed by atoms with Crippen LogP contribution >= 0.6 is 27.3 Å². The summed E-state index contributed by atoms with van der Waals surface area (Å²) in [6.45, 7) is 3.83. The van der Waals surface area contributed by atoms with Gasteiger partial charge in [0.1, 0.15) is 4.21 Å². The van der Waals surface area contributed by atoms with Gasteiger partial charge in [-0.1, -0.05) is 12.8 Å². The average Bonchev–Trinajstić information content (AvgIpc) is 2.92. The van der Waals surface area contributed by atoms with Crippen molar-refractivity contribution in [2.45, 2.75) is 43.4 Å². The Hall–Kier alpha value is 0.0900. The molecule has 1 atom stereocenters. The first-order valence-electron chi connectivity index (χ1n) is 5.67. The van der Waals surface area contributed by atoms with Gasteiger partial charge in [0.05, 0.1) is 3.79 Å². The fraction of sp³-hybridized carbons (Fsp3) is 0.636. The first-order chi connectivity index (χ1) is 7.88. The SMILES string of the molecule is Cc1cc(S(=O)(=O)NC(C)CC2CC2)sc1Br. The first kappa shape index (κ1) is 13.5. The van der Waals surface area contributed by atoms with Crippen molar-refractivity contribution in [3.05, 3.63) is 15.4 Å². The lowest BCUT2D eigenvalue weighted by molar-refractivity contribution is 0.531. The van der Waals surface area contributed by atoms with Crippen molar-refractivity contribution in [1.29, 1.82) is 0 Å². The number of hydrogen-bond donors (Lipinski definition) is 1. The lowest BCUT2D eigenvalue weighted by atomic mass is 10.2. The topological polar surface area (TPSA) is 46.2 Å². The van der Waals surface area contributed by atoms with Crippen LogP contribution in [0.3, 0.4) is 0 Å². The molecular formula is C11H16BrNO2S2. The minimum absolute atomic E-state index is 0.0219. The molecule has 1 aliphatic rings. The molecule has 1 fully saturated rings. The lowest BCUT2D eigenvalue weighted by Gasteiger charge is -2.12. The van der Waals surface area contributed by atoms with E-state index in [1.165, 1.54) is 24.2 Å². The second-order valence-corrected chi connectivity index (χ2v) is 9.03. The van der Waals surface area contributed by atoms with Gasteiger partial charge in [0.15, 0.2) is 0 Å². The summed E-state index contributed by atoms with van der Waals surface area (Å²) < 4.78 is 28.2. The van der Waals surface area contributed by atoms with Gasteiger partial charge in [0.25, 0.3) is 0 Å². The van der Waals surface area contributed by atoms with E-state index in [1.807, 2.05) is 13.8 Å². The quantitative estimate of drug-likeness (QED) is 0.896. The van der Waals surface area contributed by atoms with Crippen LogP contribution in [0.4, 0.5) is 0 Å². The molecule has 0 radical (unpaired) electrons. The molecule has 96 valence electrons. The molecule has 6 heteroatoms. The third-order valence-electron chi connectivity index (χ3n) is 2.84. The van der Waals surface area contributed by atoms with Crippen LogP contribution in [0.15, 0.2) is 14.1 Å². The fourth-order valence-electron chi connectivity index (χ4n) is 1.79. The molecule has 1 unspecified atom stereocenters. The molecule has 0 aliphatic heterocycles. The van der Waals surface area contributed by atoms with E-state index in [9.17, 15) is 8.42 Å². The predicted molar refractivity (Wildman–Crippen MR) is 73.9 cm³/mol. The summed E-state index contributed by atoms with van der Waals surface area (Å²) in [7, 11) is -3.34. The summed E-state index contributed by atoms with van der Waals surface area (Å²) in [4.78, 5) is 0. The molecule has 1 aromatic heterocycles. The van der Waals surface area contributed by atoms with E-state index in [0.29, 0.717) is 4.21 Å². The van der Waals surface area contributed by atoms with Crippen molar-refractivity contribution >= 4 is 37.3 Å². The summed E-state index contributed by atoms with van der Waals surface area (Å²) in [6.07, 6.45) is 3.44. The zero-order valence-corrected chi connectivity index (χ0v) is 13.1. The molecular weight excluding hydrogens is 322 g/mol. The van der Waals surface area contributed by atoms with Crippen LogP contribution in [0, 0.1) is 12.8 Å². The highest BCUT2D eigenvalue weighted by Crippen LogP contribution is 2.34. The highest BCUT2D eigenvalue weighted by Gasteiger charge is 2.27. The Bertz CT molecular complexity index is 486. The number of rotatable bonds is 5. The number of aryl methyl sites for hydroxylation is 1. The Morgan fingerprint density at radius 2 is 2.24 bits per heavy atom. The Kier molecular flexibility index (Phi) is 3.97. The summed E-state index contributed by atoms with van der Waals surface area (Å²) in [5.41, 5.74) is 0.963. The highest BCUT2D eigenvalue weighted by atomic mass is 79.9. The lowest BCUT2D eigenvalue weighted by Crippen LogP contribution is -2.32. The van der Waals surface area contributed by atoms with E-state index in [2.05, 4.69) is 20.7 Å². The molecule has 1 heterocycles. The molecule has 1 aliphatic carbocycles. The second kappa shape index (κ2) is 4.99. The predicted octanol–water partition coefficient (Wildman–Crippen LogP) is 3.29. The van der Waals surface area contributed by atoms with Crippen LogP contribution in [0.2, 0.25) is 0 Å². The van der Waals surface area contributed by atoms with Crippen molar-refractivity contribution in [1.82, 2.24) is 4.72 Å². The minimum atomic E-state index is -3.34. The maximum absolute atomic E-state index is 12.1. The summed E-state index contributed by atoms with van der Waals surface area (Å²) in [5, 5.41) is 0. The third kappa shape index (κ3) is 3.53. The average molecular weight is 338 g/mol. The number of halogens is 1. The van der Waals surface area contributed by atoms with Crippen LogP contribution in [0.1, 0.15) is 31.7 Å². The number of hydrogen-bond acceptors (Lipinski definition) is 3. The van der Waals surface area contributed by atoms with Gasteiger partial charge in [-0.2, -0.15) is 0 Å². The zero-order valence-electron chi connectivity index (χ0n) is 9.86. The van der Waals surface area contributed by atoms with Gasteiger partial charge in [-0.25, -0.2) is 13.1 Å². The van der Waals surface area contributed by atoms with Gasteiger partial charge >= 0.3 is 0 Å². The zero-order chi connectivity index (χ0) is 12.6. The minimum Gasteiger partial charge on any atom is -0.208 e. The smallest absolute Gasteiger partial charge is 0.208 e. The summed E-state index contributed by atoms with van der Waals surface area (Å²) >= 11 is 4.62. The van der Waals surface area contributed by atoms with Gasteiger partial charge in [-0.3, -0.25) is 0 Å². The van der Waals surface area contributed by atoms with Crippen LogP contribution in [-0.4, -0.2) is 14.5 Å². The largest absolute Gasteiger partial charge is 0.250 e. The van der Waals surface area contributed by atoms with Crippen molar-refractivity contribution in [3.8, 4) is 0 Å². The molecule has 3 nitrogen and oxygen atoms in total. The normalized spacial score (nSPS) is 18.3. The Balaban J connectivity index is 2.06. The van der Waals surface area contributed by atoms with Gasteiger partial charge in [0.2, 0.25) is 10.0 Å². The Morgan fingerprint density at radius 3 is 2.71 bits per heavy atom. The number of thiophene rings is 1. The van der Waals surface area contributed by atoms with E-state index in [0.717, 1.165) is 21.7 Å². The van der Waals surface area contributed by atoms with Gasteiger partial charge in [0, 0.05) is 6.04 Å². The molecule has 1 saturated carbocycles. The third-order valence-corrected chi connectivity index (χ3v) is 7.04. The van der Waals surface area contributed by atoms with Gasteiger partial charge in [-0.15, -0.1) is 11.3 Å². The first-order valence-corrected chi connectivity index (χ1v) is 8.76. The Labute approximate surface area is 115 Å². The molecule has 0 saturated heterocycles. The van der Waals surface area contributed by atoms with E-state index in [4.69, 9.17) is 0 Å². The molecule has 2 rings (SSSR count). The van der Waals surface area contributed by atoms with Crippen LogP contribution in [-0.2, 0) is 10.0 Å². The van der Waals surface area contributed by atoms with Crippen molar-refractivity contribution in [2.75, 3.05) is 0 Å². The van der Waals surface area contributed by atoms with Gasteiger partial charge in [-0.05, 0) is 53.7 Å². The molecule has 1 N–H and O–H groups in total. The van der Waals surface area contributed by atoms with Crippen LogP contribution in [0.25, 0.3) is 0 Å². The second-order valence-electron chi connectivity index (χ2n) is 4.72. The van der Waals surface area contributed by atoms with Crippen molar-refractivity contribution in [2.24, 2.45) is 5.92 Å². The number of sulfonamides is 1. The van der Waals surface area contributed by atoms with E-state index >= 15 is 0 Å². The van der Waals surface area contributed by atoms with E-state index < -0.39 is 10.0 Å². The molecule has 0 aromatic carbocycles. The monoisotopic (exact) mass is 337 g/mol. The van der Waals surface area contributed by atoms with E-state index in [-0.39, 0.29) is 6.04 Å². The summed E-state index contributed by atoms with van der Waals surface area (Å²) in [5.74, 6) is 0.726. The molecule has 0 spiro atoms. The van der Waals surface area contributed by atoms with Crippen molar-refractivity contribution < 1.29 is 8.42 Å². The molecule has 1 aromatic rings. The van der Waals surface area contributed by atoms with E-state index in [1.54, 1.807) is 6.07 Å². The summed E-state index contributed by atoms with van der Waals surface area (Å²) in [6, 6.07) is 1.73. The van der Waals surface area contributed by atoms with Gasteiger partial charge < -0.3 is 0 Å². The maximum atomic E-state index is 12.1. The van der Waals surface area contributed by atoms with Crippen molar-refractivity contribution in [3.63, 3.8) is 0 Å². The highest BCUT2D eigenvalue weighted by molar-refractivity contribution is 9.11. The van der Waals surface area contributed by atoms with Crippen LogP contribution < -0.4 is 4.72 Å². The fourth-order valence-corrected chi connectivity index (χ4v) is 5.29. The maximum Gasteiger partial charge on any atom is 0.250 e. The Morgan fingerprint density at radius 1 is 1.59 bits per heavy atom. The molecule has 17 heavy (non-hydrogen) atoms. The van der Waals surface area contributed by atoms with Crippen LogP contribution in [0.5, 0.6) is 0 Å². The molecule has 0 bridgehead atoms. The standard InChI is InChI=1S/C11H16BrNO2S2/c1-7-5-10(16-11(7)12)17(14,15)13-8(2)6-9-3-4-9/h5,8-9,13H,3-4,6H2,1-2H3. The number of nitrogens with one attached hydrogen (secondary N) is 1.